The van der Waals surface area contributed by atoms with Crippen LogP contribution in [0.4, 0.5) is 5.69 Å². The number of nitrogens with zero attached hydrogens (tertiary/aromatic N) is 1. The minimum absolute atomic E-state index is 0. The monoisotopic (exact) mass is 342 g/mol. The van der Waals surface area contributed by atoms with Gasteiger partial charge in [-0.3, -0.25) is 10.1 Å². The molecule has 0 saturated heterocycles. The molecule has 0 spiro atoms. The molecule has 0 unspecified atom stereocenters. The molecule has 1 fully saturated rings. The van der Waals surface area contributed by atoms with Gasteiger partial charge in [0.25, 0.3) is 5.69 Å². The Balaban J connectivity index is 0.00000264. The van der Waals surface area contributed by atoms with Crippen LogP contribution in [0, 0.1) is 10.1 Å². The number of benzene rings is 1. The summed E-state index contributed by atoms with van der Waals surface area (Å²) in [5, 5.41) is 14.0. The van der Waals surface area contributed by atoms with Crippen molar-refractivity contribution in [1.29, 1.82) is 0 Å². The zero-order chi connectivity index (χ0) is 16.2. The average molecular weight is 343 g/mol. The molecule has 2 rings (SSSR count). The predicted molar refractivity (Wildman–Crippen MR) is 90.1 cm³/mol. The van der Waals surface area contributed by atoms with E-state index in [-0.39, 0.29) is 18.1 Å². The number of rotatable bonds is 6. The highest BCUT2D eigenvalue weighted by Gasteiger charge is 2.26. The van der Waals surface area contributed by atoms with Crippen molar-refractivity contribution in [2.75, 3.05) is 6.54 Å². The molecule has 0 aliphatic heterocycles. The van der Waals surface area contributed by atoms with E-state index in [1.807, 2.05) is 13.8 Å². The highest BCUT2D eigenvalue weighted by atomic mass is 35.5. The number of halogens is 1. The fraction of sp³-hybridized carbons (Fsp3) is 0.562. The molecule has 0 amide bonds. The second-order valence-electron chi connectivity index (χ2n) is 6.32. The summed E-state index contributed by atoms with van der Waals surface area (Å²) in [6.45, 7) is 4.31. The summed E-state index contributed by atoms with van der Waals surface area (Å²) < 4.78 is 5.51. The summed E-state index contributed by atoms with van der Waals surface area (Å²) in [4.78, 5) is 22.2. The Bertz CT molecular complexity index is 540. The van der Waals surface area contributed by atoms with Crippen LogP contribution in [0.1, 0.15) is 49.9 Å². The molecule has 7 heteroatoms. The van der Waals surface area contributed by atoms with Gasteiger partial charge in [-0.15, -0.1) is 12.4 Å². The molecule has 1 saturated carbocycles. The van der Waals surface area contributed by atoms with Crippen molar-refractivity contribution in [2.24, 2.45) is 0 Å². The molecule has 1 aromatic carbocycles. The third-order valence-electron chi connectivity index (χ3n) is 3.85. The maximum atomic E-state index is 12.1. The Labute approximate surface area is 142 Å². The highest BCUT2D eigenvalue weighted by molar-refractivity contribution is 5.89. The summed E-state index contributed by atoms with van der Waals surface area (Å²) in [7, 11) is 0. The molecule has 23 heavy (non-hydrogen) atoms. The first kappa shape index (κ1) is 19.4. The van der Waals surface area contributed by atoms with Crippen LogP contribution in [-0.2, 0) is 4.74 Å². The number of hydrogen-bond acceptors (Lipinski definition) is 5. The Morgan fingerprint density at radius 1 is 1.30 bits per heavy atom. The van der Waals surface area contributed by atoms with Crippen LogP contribution in [-0.4, -0.2) is 29.1 Å². The van der Waals surface area contributed by atoms with E-state index in [1.54, 1.807) is 0 Å². The summed E-state index contributed by atoms with van der Waals surface area (Å²) in [5.41, 5.74) is -0.347. The molecule has 1 aliphatic carbocycles. The quantitative estimate of drug-likeness (QED) is 0.486. The molecule has 0 atom stereocenters. The van der Waals surface area contributed by atoms with Crippen LogP contribution >= 0.6 is 12.4 Å². The van der Waals surface area contributed by atoms with Gasteiger partial charge in [0.2, 0.25) is 0 Å². The van der Waals surface area contributed by atoms with Gasteiger partial charge in [-0.2, -0.15) is 0 Å². The third-order valence-corrected chi connectivity index (χ3v) is 3.85. The number of carbonyl (C=O) groups is 1. The summed E-state index contributed by atoms with van der Waals surface area (Å²) >= 11 is 0. The maximum Gasteiger partial charge on any atom is 0.338 e. The smallest absolute Gasteiger partial charge is 0.338 e. The van der Waals surface area contributed by atoms with E-state index in [0.717, 1.165) is 0 Å². The second kappa shape index (κ2) is 8.26. The van der Waals surface area contributed by atoms with Gasteiger partial charge in [0.05, 0.1) is 10.5 Å². The van der Waals surface area contributed by atoms with Crippen molar-refractivity contribution in [3.8, 4) is 0 Å². The normalized spacial score (nSPS) is 15.0. The molecule has 0 heterocycles. The van der Waals surface area contributed by atoms with Crippen LogP contribution in [0.2, 0.25) is 0 Å². The lowest BCUT2D eigenvalue weighted by molar-refractivity contribution is -0.384. The SMILES string of the molecule is CC(C)(CNC1CCCC1)OC(=O)c1ccc([N+](=O)[O-])cc1.Cl. The van der Waals surface area contributed by atoms with Gasteiger partial charge in [-0.05, 0) is 38.8 Å². The van der Waals surface area contributed by atoms with Gasteiger partial charge < -0.3 is 10.1 Å². The third kappa shape index (κ3) is 5.80. The van der Waals surface area contributed by atoms with Crippen molar-refractivity contribution in [3.63, 3.8) is 0 Å². The van der Waals surface area contributed by atoms with Gasteiger partial charge in [0, 0.05) is 24.7 Å². The van der Waals surface area contributed by atoms with Gasteiger partial charge in [0.1, 0.15) is 5.60 Å². The number of nitrogens with one attached hydrogen (secondary N) is 1. The fourth-order valence-corrected chi connectivity index (χ4v) is 2.59. The van der Waals surface area contributed by atoms with E-state index in [4.69, 9.17) is 4.74 Å². The molecule has 1 aromatic rings. The van der Waals surface area contributed by atoms with E-state index in [2.05, 4.69) is 5.32 Å². The largest absolute Gasteiger partial charge is 0.455 e. The van der Waals surface area contributed by atoms with Crippen molar-refractivity contribution < 1.29 is 14.5 Å². The number of carbonyl (C=O) groups excluding carboxylic acids is 1. The minimum Gasteiger partial charge on any atom is -0.455 e. The molecule has 0 aromatic heterocycles. The lowest BCUT2D eigenvalue weighted by Gasteiger charge is -2.27. The van der Waals surface area contributed by atoms with Crippen molar-refractivity contribution in [1.82, 2.24) is 5.32 Å². The number of nitro groups is 1. The fourth-order valence-electron chi connectivity index (χ4n) is 2.59. The lowest BCUT2D eigenvalue weighted by atomic mass is 10.1. The zero-order valence-corrected chi connectivity index (χ0v) is 14.2. The van der Waals surface area contributed by atoms with Gasteiger partial charge in [-0.25, -0.2) is 4.79 Å². The van der Waals surface area contributed by atoms with Gasteiger partial charge >= 0.3 is 5.97 Å². The van der Waals surface area contributed by atoms with E-state index < -0.39 is 16.5 Å². The minimum atomic E-state index is -0.624. The molecule has 128 valence electrons. The summed E-state index contributed by atoms with van der Waals surface area (Å²) in [6.07, 6.45) is 4.85. The molecule has 6 nitrogen and oxygen atoms in total. The molecule has 1 aliphatic rings. The Hall–Kier alpha value is -1.66. The Kier molecular flexibility index (Phi) is 6.97. The number of hydrogen-bond donors (Lipinski definition) is 1. The first-order valence-corrected chi connectivity index (χ1v) is 7.58. The van der Waals surface area contributed by atoms with Crippen LogP contribution in [0.3, 0.4) is 0 Å². The van der Waals surface area contributed by atoms with Crippen LogP contribution in [0.5, 0.6) is 0 Å². The average Bonchev–Trinajstić information content (AvgIpc) is 2.98. The molecular formula is C16H23ClN2O4. The zero-order valence-electron chi connectivity index (χ0n) is 13.4. The number of esters is 1. The van der Waals surface area contributed by atoms with E-state index >= 15 is 0 Å². The van der Waals surface area contributed by atoms with Crippen LogP contribution in [0.25, 0.3) is 0 Å². The van der Waals surface area contributed by atoms with E-state index in [1.165, 1.54) is 49.9 Å². The van der Waals surface area contributed by atoms with Crippen molar-refractivity contribution >= 4 is 24.1 Å². The Morgan fingerprint density at radius 2 is 1.87 bits per heavy atom. The molecule has 0 bridgehead atoms. The first-order chi connectivity index (χ1) is 10.4. The van der Waals surface area contributed by atoms with Gasteiger partial charge in [0.15, 0.2) is 0 Å². The lowest BCUT2D eigenvalue weighted by Crippen LogP contribution is -2.42. The number of non-ortho nitro benzene ring substituents is 1. The van der Waals surface area contributed by atoms with Crippen molar-refractivity contribution in [2.45, 2.75) is 51.2 Å². The number of nitro benzene ring substituents is 1. The van der Waals surface area contributed by atoms with Crippen LogP contribution < -0.4 is 5.32 Å². The number of ether oxygens (including phenoxy) is 1. The standard InChI is InChI=1S/C16H22N2O4.ClH/c1-16(2,11-17-13-5-3-4-6-13)22-15(19)12-7-9-14(10-8-12)18(20)21;/h7-10,13,17H,3-6,11H2,1-2H3;1H. The molecule has 1 N–H and O–H groups in total. The Morgan fingerprint density at radius 3 is 2.39 bits per heavy atom. The first-order valence-electron chi connectivity index (χ1n) is 7.58. The maximum absolute atomic E-state index is 12.1. The van der Waals surface area contributed by atoms with Crippen molar-refractivity contribution in [3.05, 3.63) is 39.9 Å². The van der Waals surface area contributed by atoms with Crippen LogP contribution in [0.15, 0.2) is 24.3 Å². The summed E-state index contributed by atoms with van der Waals surface area (Å²) in [5.74, 6) is -0.465. The van der Waals surface area contributed by atoms with Gasteiger partial charge in [-0.1, -0.05) is 12.8 Å². The molecular weight excluding hydrogens is 320 g/mol. The highest BCUT2D eigenvalue weighted by Crippen LogP contribution is 2.20. The second-order valence-corrected chi connectivity index (χ2v) is 6.32. The predicted octanol–water partition coefficient (Wildman–Crippen LogP) is 3.48. The summed E-state index contributed by atoms with van der Waals surface area (Å²) in [6, 6.07) is 5.96. The topological polar surface area (TPSA) is 81.5 Å². The molecule has 0 radical (unpaired) electrons. The van der Waals surface area contributed by atoms with E-state index in [0.29, 0.717) is 18.2 Å². The van der Waals surface area contributed by atoms with E-state index in [9.17, 15) is 14.9 Å².